The number of carbonyl (C=O) groups excluding carboxylic acids is 2. The first kappa shape index (κ1) is 25.6. The highest BCUT2D eigenvalue weighted by atomic mass is 32.2. The van der Waals surface area contributed by atoms with Gasteiger partial charge >= 0.3 is 6.36 Å². The fourth-order valence-corrected chi connectivity index (χ4v) is 5.03. The quantitative estimate of drug-likeness (QED) is 0.578. The number of hydrogen-bond acceptors (Lipinski definition) is 7. The van der Waals surface area contributed by atoms with Crippen LogP contribution in [0.25, 0.3) is 0 Å². The zero-order valence-corrected chi connectivity index (χ0v) is 20.1. The third-order valence-electron chi connectivity index (χ3n) is 5.66. The van der Waals surface area contributed by atoms with Crippen LogP contribution in [0.5, 0.6) is 11.5 Å². The van der Waals surface area contributed by atoms with Gasteiger partial charge in [-0.3, -0.25) is 9.59 Å². The fourth-order valence-electron chi connectivity index (χ4n) is 3.88. The number of fused-ring (bicyclic) bond motifs is 1. The lowest BCUT2D eigenvalue weighted by Gasteiger charge is -2.39. The summed E-state index contributed by atoms with van der Waals surface area (Å²) in [6.07, 6.45) is -1.50. The van der Waals surface area contributed by atoms with Crippen molar-refractivity contribution in [1.82, 2.24) is 10.2 Å². The Morgan fingerprint density at radius 3 is 2.39 bits per heavy atom. The second-order valence-electron chi connectivity index (χ2n) is 8.25. The molecule has 2 aromatic carbocycles. The van der Waals surface area contributed by atoms with E-state index in [4.69, 9.17) is 10.5 Å². The van der Waals surface area contributed by atoms with Gasteiger partial charge < -0.3 is 25.4 Å². The van der Waals surface area contributed by atoms with Crippen LogP contribution in [0.2, 0.25) is 0 Å². The molecule has 1 fully saturated rings. The minimum Gasteiger partial charge on any atom is -0.497 e. The Hall–Kier alpha value is -3.44. The van der Waals surface area contributed by atoms with Crippen molar-refractivity contribution in [2.45, 2.75) is 31.5 Å². The van der Waals surface area contributed by atoms with Crippen LogP contribution >= 0.6 is 11.8 Å². The van der Waals surface area contributed by atoms with Crippen LogP contribution in [0.1, 0.15) is 11.1 Å². The van der Waals surface area contributed by atoms with Gasteiger partial charge in [0, 0.05) is 29.9 Å². The highest BCUT2D eigenvalue weighted by molar-refractivity contribution is 8.03. The summed E-state index contributed by atoms with van der Waals surface area (Å²) in [5.74, 6) is 0.274. The standard InChI is InChI=1S/C25H24F3N3O4S/c1-34-18-6-2-15(3-7-18)11-30-24(33)17-10-21-22(23(32)20(29)14-36-21)31(13-17)12-16-4-8-19(9-5-16)35-25(26,27)28/h2-10,13,20,22H,11-12,14,29H2,1H3,(H,30,33)/t20-,22?/m0/s1. The molecular weight excluding hydrogens is 495 g/mol. The Balaban J connectivity index is 1.52. The number of nitrogens with one attached hydrogen (secondary N) is 1. The van der Waals surface area contributed by atoms with Crippen LogP contribution < -0.4 is 20.5 Å². The average molecular weight is 520 g/mol. The second kappa shape index (κ2) is 10.7. The summed E-state index contributed by atoms with van der Waals surface area (Å²) in [4.78, 5) is 28.3. The number of ether oxygens (including phenoxy) is 2. The van der Waals surface area contributed by atoms with E-state index < -0.39 is 18.4 Å². The molecule has 2 heterocycles. The Morgan fingerprint density at radius 1 is 1.11 bits per heavy atom. The molecule has 0 aliphatic carbocycles. The summed E-state index contributed by atoms with van der Waals surface area (Å²) in [7, 11) is 1.57. The largest absolute Gasteiger partial charge is 0.573 e. The minimum atomic E-state index is -4.78. The molecule has 1 saturated heterocycles. The maximum Gasteiger partial charge on any atom is 0.573 e. The number of rotatable bonds is 7. The van der Waals surface area contributed by atoms with Gasteiger partial charge in [-0.15, -0.1) is 24.9 Å². The zero-order valence-electron chi connectivity index (χ0n) is 19.2. The third-order valence-corrected chi connectivity index (χ3v) is 6.86. The van der Waals surface area contributed by atoms with Crippen molar-refractivity contribution >= 4 is 23.5 Å². The van der Waals surface area contributed by atoms with Crippen molar-refractivity contribution in [2.75, 3.05) is 12.9 Å². The molecular formula is C25H24F3N3O4S. The number of nitrogens with two attached hydrogens (primary N) is 1. The van der Waals surface area contributed by atoms with Crippen molar-refractivity contribution in [2.24, 2.45) is 5.73 Å². The SMILES string of the molecule is COc1ccc(CNC(=O)C2=CN(Cc3ccc(OC(F)(F)F)cc3)C3C(=O)[C@@H](N)CSC3=C2)cc1. The first-order chi connectivity index (χ1) is 17.1. The van der Waals surface area contributed by atoms with Crippen LogP contribution in [0, 0.1) is 0 Å². The van der Waals surface area contributed by atoms with Gasteiger partial charge in [0.05, 0.1) is 18.7 Å². The molecule has 1 amide bonds. The molecule has 4 rings (SSSR count). The first-order valence-electron chi connectivity index (χ1n) is 11.0. The van der Waals surface area contributed by atoms with E-state index >= 15 is 0 Å². The molecule has 0 saturated carbocycles. The number of carbonyl (C=O) groups is 2. The van der Waals surface area contributed by atoms with E-state index in [1.165, 1.54) is 36.0 Å². The van der Waals surface area contributed by atoms with Crippen LogP contribution in [0.15, 0.2) is 71.3 Å². The number of methoxy groups -OCH3 is 1. The zero-order chi connectivity index (χ0) is 25.9. The van der Waals surface area contributed by atoms with E-state index in [2.05, 4.69) is 10.1 Å². The van der Waals surface area contributed by atoms with Crippen molar-refractivity contribution in [3.05, 3.63) is 82.4 Å². The number of alkyl halides is 3. The molecule has 0 bridgehead atoms. The molecule has 2 atom stereocenters. The molecule has 0 spiro atoms. The minimum absolute atomic E-state index is 0.175. The average Bonchev–Trinajstić information content (AvgIpc) is 2.85. The summed E-state index contributed by atoms with van der Waals surface area (Å²) < 4.78 is 46.5. The molecule has 0 radical (unpaired) electrons. The van der Waals surface area contributed by atoms with E-state index in [0.29, 0.717) is 34.1 Å². The van der Waals surface area contributed by atoms with Crippen LogP contribution in [0.4, 0.5) is 13.2 Å². The van der Waals surface area contributed by atoms with Gasteiger partial charge in [0.1, 0.15) is 17.5 Å². The molecule has 2 aliphatic heterocycles. The van der Waals surface area contributed by atoms with Gasteiger partial charge in [0.25, 0.3) is 5.91 Å². The Bertz CT molecular complexity index is 1180. The van der Waals surface area contributed by atoms with Crippen molar-refractivity contribution in [3.8, 4) is 11.5 Å². The third kappa shape index (κ3) is 6.21. The van der Waals surface area contributed by atoms with Gasteiger partial charge in [-0.25, -0.2) is 0 Å². The predicted octanol–water partition coefficient (Wildman–Crippen LogP) is 3.51. The fraction of sp³-hybridized carbons (Fsp3) is 0.280. The number of thioether (sulfide) groups is 1. The van der Waals surface area contributed by atoms with Gasteiger partial charge in [0.2, 0.25) is 0 Å². The Kier molecular flexibility index (Phi) is 7.60. The molecule has 2 aliphatic rings. The summed E-state index contributed by atoms with van der Waals surface area (Å²) in [6.45, 7) is 0.479. The van der Waals surface area contributed by atoms with Gasteiger partial charge in [0.15, 0.2) is 5.78 Å². The summed E-state index contributed by atoms with van der Waals surface area (Å²) in [6, 6.07) is 11.4. The highest BCUT2D eigenvalue weighted by Crippen LogP contribution is 2.36. The van der Waals surface area contributed by atoms with Crippen molar-refractivity contribution in [1.29, 1.82) is 0 Å². The molecule has 7 nitrogen and oxygen atoms in total. The maximum atomic E-state index is 13.0. The second-order valence-corrected chi connectivity index (χ2v) is 9.34. The van der Waals surface area contributed by atoms with E-state index in [1.807, 2.05) is 12.1 Å². The summed E-state index contributed by atoms with van der Waals surface area (Å²) in [5.41, 5.74) is 7.88. The number of amides is 1. The van der Waals surface area contributed by atoms with Crippen molar-refractivity contribution in [3.63, 3.8) is 0 Å². The molecule has 190 valence electrons. The topological polar surface area (TPSA) is 93.9 Å². The van der Waals surface area contributed by atoms with Crippen LogP contribution in [-0.4, -0.2) is 47.9 Å². The van der Waals surface area contributed by atoms with E-state index in [9.17, 15) is 22.8 Å². The molecule has 0 aromatic heterocycles. The molecule has 36 heavy (non-hydrogen) atoms. The molecule has 3 N–H and O–H groups in total. The maximum absolute atomic E-state index is 13.0. The van der Waals surface area contributed by atoms with Gasteiger partial charge in [-0.2, -0.15) is 0 Å². The van der Waals surface area contributed by atoms with E-state index in [-0.39, 0.29) is 24.0 Å². The lowest BCUT2D eigenvalue weighted by atomic mass is 9.98. The number of nitrogens with zero attached hydrogens (tertiary/aromatic N) is 1. The molecule has 2 aromatic rings. The smallest absolute Gasteiger partial charge is 0.497 e. The van der Waals surface area contributed by atoms with E-state index in [1.54, 1.807) is 36.4 Å². The number of benzene rings is 2. The predicted molar refractivity (Wildman–Crippen MR) is 129 cm³/mol. The van der Waals surface area contributed by atoms with Crippen LogP contribution in [-0.2, 0) is 22.7 Å². The Morgan fingerprint density at radius 2 is 1.75 bits per heavy atom. The number of Topliss-reactive ketones (excluding diaryl/α,β-unsaturated/α-hetero) is 1. The van der Waals surface area contributed by atoms with Gasteiger partial charge in [-0.05, 0) is 41.5 Å². The highest BCUT2D eigenvalue weighted by Gasteiger charge is 2.39. The van der Waals surface area contributed by atoms with Gasteiger partial charge in [-0.1, -0.05) is 24.3 Å². The van der Waals surface area contributed by atoms with E-state index in [0.717, 1.165) is 5.56 Å². The molecule has 11 heteroatoms. The Labute approximate surface area is 210 Å². The van der Waals surface area contributed by atoms with Crippen molar-refractivity contribution < 1.29 is 32.2 Å². The van der Waals surface area contributed by atoms with Crippen LogP contribution in [0.3, 0.4) is 0 Å². The number of halogens is 3. The molecule has 1 unspecified atom stereocenters. The lowest BCUT2D eigenvalue weighted by molar-refractivity contribution is -0.274. The normalized spacial score (nSPS) is 19.7. The monoisotopic (exact) mass is 519 g/mol. The number of hydrogen-bond donors (Lipinski definition) is 2. The lowest BCUT2D eigenvalue weighted by Crippen LogP contribution is -2.52. The first-order valence-corrected chi connectivity index (χ1v) is 12.0. The number of ketones is 1. The summed E-state index contributed by atoms with van der Waals surface area (Å²) >= 11 is 1.42. The summed E-state index contributed by atoms with van der Waals surface area (Å²) in [5, 5.41) is 2.87.